The molecule has 0 saturated carbocycles. The number of aryl methyl sites for hydroxylation is 1. The third kappa shape index (κ3) is 2.74. The van der Waals surface area contributed by atoms with Gasteiger partial charge in [0.2, 0.25) is 0 Å². The number of aromatic amines is 1. The number of quaternary nitrogens is 1. The lowest BCUT2D eigenvalue weighted by atomic mass is 10.1. The van der Waals surface area contributed by atoms with Crippen LogP contribution in [0.4, 0.5) is 0 Å². The molecule has 0 spiro atoms. The fourth-order valence-electron chi connectivity index (χ4n) is 1.83. The van der Waals surface area contributed by atoms with Crippen LogP contribution in [-0.2, 0) is 6.42 Å². The smallest absolute Gasteiger partial charge is 0.0739 e. The highest BCUT2D eigenvalue weighted by atomic mass is 35.5. The van der Waals surface area contributed by atoms with Gasteiger partial charge in [0, 0.05) is 17.1 Å². The summed E-state index contributed by atoms with van der Waals surface area (Å²) in [5, 5.41) is 1.37. The van der Waals surface area contributed by atoms with Crippen molar-refractivity contribution >= 4 is 10.9 Å². The van der Waals surface area contributed by atoms with Crippen LogP contribution in [-0.4, -0.2) is 11.5 Å². The van der Waals surface area contributed by atoms with E-state index in [0.717, 1.165) is 6.54 Å². The number of rotatable bonds is 4. The zero-order chi connectivity index (χ0) is 9.80. The van der Waals surface area contributed by atoms with Gasteiger partial charge in [-0.05, 0) is 30.9 Å². The average Bonchev–Trinajstić information content (AvgIpc) is 2.63. The van der Waals surface area contributed by atoms with Crippen molar-refractivity contribution in [3.05, 3.63) is 36.0 Å². The first-order chi connectivity index (χ1) is 6.92. The third-order valence-corrected chi connectivity index (χ3v) is 2.62. The Balaban J connectivity index is 0.00000112. The topological polar surface area (TPSA) is 43.4 Å². The largest absolute Gasteiger partial charge is 1.00 e. The molecule has 0 radical (unpaired) electrons. The van der Waals surface area contributed by atoms with Crippen LogP contribution in [0.2, 0.25) is 0 Å². The van der Waals surface area contributed by atoms with Gasteiger partial charge in [0.05, 0.1) is 6.54 Å². The van der Waals surface area contributed by atoms with Crippen LogP contribution in [0.1, 0.15) is 18.4 Å². The number of nitrogens with one attached hydrogen (secondary N) is 1. The number of hydrogen-bond acceptors (Lipinski definition) is 0. The van der Waals surface area contributed by atoms with E-state index >= 15 is 0 Å². The summed E-state index contributed by atoms with van der Waals surface area (Å²) in [6.07, 6.45) is 5.76. The molecule has 2 rings (SSSR count). The summed E-state index contributed by atoms with van der Waals surface area (Å²) in [4.78, 5) is 3.30. The SMILES string of the molecule is [Cl-].[NH3+]CCCCc1c[nH]c2ccccc12. The normalized spacial score (nSPS) is 10.2. The number of aromatic nitrogens is 1. The number of H-pyrrole nitrogens is 1. The highest BCUT2D eigenvalue weighted by Gasteiger charge is 2.01. The van der Waals surface area contributed by atoms with E-state index in [9.17, 15) is 0 Å². The molecule has 15 heavy (non-hydrogen) atoms. The van der Waals surface area contributed by atoms with Crippen molar-refractivity contribution in [3.63, 3.8) is 0 Å². The first kappa shape index (κ1) is 12.1. The van der Waals surface area contributed by atoms with Crippen molar-refractivity contribution in [3.8, 4) is 0 Å². The molecule has 0 aliphatic carbocycles. The molecule has 1 heterocycles. The Hall–Kier alpha value is -0.990. The zero-order valence-corrected chi connectivity index (χ0v) is 9.56. The van der Waals surface area contributed by atoms with Gasteiger partial charge in [0.25, 0.3) is 0 Å². The van der Waals surface area contributed by atoms with Crippen molar-refractivity contribution < 1.29 is 18.1 Å². The van der Waals surface area contributed by atoms with E-state index in [1.807, 2.05) is 0 Å². The Labute approximate surface area is 96.3 Å². The lowest BCUT2D eigenvalue weighted by Crippen LogP contribution is -3.00. The summed E-state index contributed by atoms with van der Waals surface area (Å²) in [7, 11) is 0. The second-order valence-corrected chi connectivity index (χ2v) is 3.67. The van der Waals surface area contributed by atoms with E-state index in [0.29, 0.717) is 0 Å². The summed E-state index contributed by atoms with van der Waals surface area (Å²) in [6.45, 7) is 1.04. The summed E-state index contributed by atoms with van der Waals surface area (Å²) >= 11 is 0. The van der Waals surface area contributed by atoms with E-state index in [1.165, 1.54) is 35.7 Å². The maximum atomic E-state index is 3.86. The van der Waals surface area contributed by atoms with Gasteiger partial charge in [0.1, 0.15) is 0 Å². The van der Waals surface area contributed by atoms with Crippen molar-refractivity contribution in [1.29, 1.82) is 0 Å². The quantitative estimate of drug-likeness (QED) is 0.609. The van der Waals surface area contributed by atoms with Gasteiger partial charge in [-0.3, -0.25) is 0 Å². The minimum Gasteiger partial charge on any atom is -1.00 e. The molecule has 0 bridgehead atoms. The fourth-order valence-corrected chi connectivity index (χ4v) is 1.83. The van der Waals surface area contributed by atoms with Gasteiger partial charge in [0.15, 0.2) is 0 Å². The predicted molar refractivity (Wildman–Crippen MR) is 59.0 cm³/mol. The second-order valence-electron chi connectivity index (χ2n) is 3.67. The molecular weight excluding hydrogens is 208 g/mol. The van der Waals surface area contributed by atoms with E-state index < -0.39 is 0 Å². The van der Waals surface area contributed by atoms with E-state index in [2.05, 4.69) is 41.2 Å². The Morgan fingerprint density at radius 1 is 1.13 bits per heavy atom. The van der Waals surface area contributed by atoms with E-state index in [4.69, 9.17) is 0 Å². The Morgan fingerprint density at radius 3 is 2.73 bits per heavy atom. The first-order valence-corrected chi connectivity index (χ1v) is 5.26. The van der Waals surface area contributed by atoms with Gasteiger partial charge < -0.3 is 23.1 Å². The van der Waals surface area contributed by atoms with Gasteiger partial charge >= 0.3 is 0 Å². The zero-order valence-electron chi connectivity index (χ0n) is 8.80. The molecule has 1 aromatic heterocycles. The summed E-state index contributed by atoms with van der Waals surface area (Å²) < 4.78 is 0. The third-order valence-electron chi connectivity index (χ3n) is 2.62. The second kappa shape index (κ2) is 5.79. The lowest BCUT2D eigenvalue weighted by molar-refractivity contribution is -0.368. The molecule has 82 valence electrons. The average molecular weight is 225 g/mol. The maximum Gasteiger partial charge on any atom is 0.0739 e. The minimum absolute atomic E-state index is 0. The molecule has 2 nitrogen and oxygen atoms in total. The highest BCUT2D eigenvalue weighted by Crippen LogP contribution is 2.19. The number of fused-ring (bicyclic) bond motifs is 1. The van der Waals surface area contributed by atoms with Crippen LogP contribution in [0.5, 0.6) is 0 Å². The van der Waals surface area contributed by atoms with Crippen molar-refractivity contribution in [2.24, 2.45) is 0 Å². The lowest BCUT2D eigenvalue weighted by Gasteiger charge is -1.96. The fraction of sp³-hybridized carbons (Fsp3) is 0.333. The molecule has 0 saturated heterocycles. The van der Waals surface area contributed by atoms with Crippen LogP contribution in [0.15, 0.2) is 30.5 Å². The molecule has 0 unspecified atom stereocenters. The van der Waals surface area contributed by atoms with Gasteiger partial charge in [-0.1, -0.05) is 18.2 Å². The number of halogens is 1. The van der Waals surface area contributed by atoms with E-state index in [-0.39, 0.29) is 12.4 Å². The summed E-state index contributed by atoms with van der Waals surface area (Å²) in [6, 6.07) is 8.48. The Morgan fingerprint density at radius 2 is 1.93 bits per heavy atom. The van der Waals surface area contributed by atoms with Crippen LogP contribution >= 0.6 is 0 Å². The highest BCUT2D eigenvalue weighted by molar-refractivity contribution is 5.82. The first-order valence-electron chi connectivity index (χ1n) is 5.26. The molecule has 0 amide bonds. The molecule has 2 aromatic rings. The monoisotopic (exact) mass is 224 g/mol. The number of unbranched alkanes of at least 4 members (excludes halogenated alkanes) is 1. The molecule has 0 atom stereocenters. The molecule has 3 heteroatoms. The summed E-state index contributed by atoms with van der Waals surface area (Å²) in [5.74, 6) is 0. The van der Waals surface area contributed by atoms with Crippen LogP contribution in [0.3, 0.4) is 0 Å². The van der Waals surface area contributed by atoms with Crippen LogP contribution in [0, 0.1) is 0 Å². The Kier molecular flexibility index (Phi) is 4.66. The van der Waals surface area contributed by atoms with Crippen LogP contribution < -0.4 is 18.1 Å². The predicted octanol–water partition coefficient (Wildman–Crippen LogP) is -1.26. The molecule has 1 aromatic carbocycles. The Bertz CT molecular complexity index is 409. The molecular formula is C12H17ClN2. The van der Waals surface area contributed by atoms with Crippen molar-refractivity contribution in [2.45, 2.75) is 19.3 Å². The van der Waals surface area contributed by atoms with Crippen molar-refractivity contribution in [1.82, 2.24) is 4.98 Å². The molecule has 0 fully saturated rings. The number of benzene rings is 1. The van der Waals surface area contributed by atoms with Gasteiger partial charge in [-0.2, -0.15) is 0 Å². The molecule has 0 aliphatic rings. The summed E-state index contributed by atoms with van der Waals surface area (Å²) in [5.41, 5.74) is 6.55. The minimum atomic E-state index is 0. The standard InChI is InChI=1S/C12H16N2.ClH/c13-8-4-3-5-10-9-14-12-7-2-1-6-11(10)12;/h1-2,6-7,9,14H,3-5,8,13H2;1H. The van der Waals surface area contributed by atoms with Crippen LogP contribution in [0.25, 0.3) is 10.9 Å². The van der Waals surface area contributed by atoms with Crippen molar-refractivity contribution in [2.75, 3.05) is 6.54 Å². The molecule has 0 aliphatic heterocycles. The number of para-hydroxylation sites is 1. The van der Waals surface area contributed by atoms with E-state index in [1.54, 1.807) is 0 Å². The van der Waals surface area contributed by atoms with Gasteiger partial charge in [-0.25, -0.2) is 0 Å². The number of hydrogen-bond donors (Lipinski definition) is 2. The maximum absolute atomic E-state index is 3.86. The molecule has 4 N–H and O–H groups in total. The van der Waals surface area contributed by atoms with Gasteiger partial charge in [-0.15, -0.1) is 0 Å².